The van der Waals surface area contributed by atoms with Crippen molar-refractivity contribution in [1.82, 2.24) is 15.1 Å². The number of hydrogen-bond donors (Lipinski definition) is 1. The molecule has 2 amide bonds. The van der Waals surface area contributed by atoms with E-state index in [1.807, 2.05) is 19.1 Å². The van der Waals surface area contributed by atoms with Gasteiger partial charge in [-0.15, -0.1) is 5.10 Å². The van der Waals surface area contributed by atoms with E-state index in [2.05, 4.69) is 15.5 Å². The van der Waals surface area contributed by atoms with Gasteiger partial charge in [-0.25, -0.2) is 4.79 Å². The number of methoxy groups -OCH3 is 2. The van der Waals surface area contributed by atoms with Gasteiger partial charge in [0.15, 0.2) is 11.5 Å². The number of aromatic nitrogens is 2. The molecule has 1 aromatic carbocycles. The van der Waals surface area contributed by atoms with Gasteiger partial charge >= 0.3 is 6.03 Å². The van der Waals surface area contributed by atoms with Crippen molar-refractivity contribution in [3.63, 3.8) is 0 Å². The minimum Gasteiger partial charge on any atom is -0.493 e. The highest BCUT2D eigenvalue weighted by Gasteiger charge is 2.24. The number of amides is 2. The van der Waals surface area contributed by atoms with Crippen molar-refractivity contribution in [1.29, 1.82) is 0 Å². The van der Waals surface area contributed by atoms with E-state index in [9.17, 15) is 4.79 Å². The number of carbonyl (C=O) groups excluding carboxylic acids is 1. The maximum absolute atomic E-state index is 12.5. The molecule has 1 N–H and O–H groups in total. The molecule has 2 aromatic rings. The fraction of sp³-hybridized carbons (Fsp3) is 0.421. The molecule has 0 spiro atoms. The first-order chi connectivity index (χ1) is 13.1. The lowest BCUT2D eigenvalue weighted by Gasteiger charge is -2.31. The molecule has 8 heteroatoms. The van der Waals surface area contributed by atoms with Gasteiger partial charge in [0.2, 0.25) is 5.88 Å². The normalized spacial score (nSPS) is 14.6. The van der Waals surface area contributed by atoms with Gasteiger partial charge in [0.1, 0.15) is 6.10 Å². The molecule has 2 heterocycles. The predicted octanol–water partition coefficient (Wildman–Crippen LogP) is 2.88. The Kier molecular flexibility index (Phi) is 5.95. The molecule has 3 rings (SSSR count). The average Bonchev–Trinajstić information content (AvgIpc) is 2.70. The molecule has 1 aromatic heterocycles. The predicted molar refractivity (Wildman–Crippen MR) is 101 cm³/mol. The first-order valence-electron chi connectivity index (χ1n) is 8.84. The number of urea groups is 1. The maximum Gasteiger partial charge on any atom is 0.321 e. The molecular weight excluding hydrogens is 348 g/mol. The van der Waals surface area contributed by atoms with Crippen LogP contribution in [0.15, 0.2) is 30.3 Å². The summed E-state index contributed by atoms with van der Waals surface area (Å²) in [5.74, 6) is 1.71. The van der Waals surface area contributed by atoms with Crippen LogP contribution in [0.4, 0.5) is 10.5 Å². The summed E-state index contributed by atoms with van der Waals surface area (Å²) >= 11 is 0. The Bertz CT molecular complexity index is 774. The molecule has 27 heavy (non-hydrogen) atoms. The summed E-state index contributed by atoms with van der Waals surface area (Å²) in [5, 5.41) is 10.9. The van der Waals surface area contributed by atoms with Gasteiger partial charge in [0.05, 0.1) is 19.9 Å². The Morgan fingerprint density at radius 2 is 1.81 bits per heavy atom. The van der Waals surface area contributed by atoms with Crippen molar-refractivity contribution in [3.8, 4) is 17.4 Å². The highest BCUT2D eigenvalue weighted by atomic mass is 16.5. The molecule has 1 aliphatic heterocycles. The smallest absolute Gasteiger partial charge is 0.321 e. The number of aryl methyl sites for hydroxylation is 1. The van der Waals surface area contributed by atoms with Gasteiger partial charge < -0.3 is 24.4 Å². The monoisotopic (exact) mass is 372 g/mol. The third-order valence-corrected chi connectivity index (χ3v) is 4.42. The standard InChI is InChI=1S/C19H24N4O4/c1-13-4-7-18(22-21-13)27-15-8-10-23(11-9-15)19(24)20-14-5-6-16(25-2)17(12-14)26-3/h4-7,12,15H,8-11H2,1-3H3,(H,20,24). The summed E-state index contributed by atoms with van der Waals surface area (Å²) in [4.78, 5) is 14.3. The summed E-state index contributed by atoms with van der Waals surface area (Å²) < 4.78 is 16.3. The fourth-order valence-corrected chi connectivity index (χ4v) is 2.91. The maximum atomic E-state index is 12.5. The highest BCUT2D eigenvalue weighted by molar-refractivity contribution is 5.89. The molecule has 0 atom stereocenters. The van der Waals surface area contributed by atoms with Crippen LogP contribution in [-0.4, -0.2) is 54.5 Å². The largest absolute Gasteiger partial charge is 0.493 e. The summed E-state index contributed by atoms with van der Waals surface area (Å²) in [5.41, 5.74) is 1.51. The summed E-state index contributed by atoms with van der Waals surface area (Å²) in [6.45, 7) is 3.11. The number of benzene rings is 1. The lowest BCUT2D eigenvalue weighted by atomic mass is 10.1. The van der Waals surface area contributed by atoms with Crippen molar-refractivity contribution in [2.75, 3.05) is 32.6 Å². The molecule has 8 nitrogen and oxygen atoms in total. The zero-order chi connectivity index (χ0) is 19.2. The molecule has 144 valence electrons. The van der Waals surface area contributed by atoms with Crippen molar-refractivity contribution in [2.24, 2.45) is 0 Å². The third-order valence-electron chi connectivity index (χ3n) is 4.42. The topological polar surface area (TPSA) is 85.8 Å². The van der Waals surface area contributed by atoms with Gasteiger partial charge in [-0.05, 0) is 25.1 Å². The molecule has 0 bridgehead atoms. The summed E-state index contributed by atoms with van der Waals surface area (Å²) in [6.07, 6.45) is 1.52. The van der Waals surface area contributed by atoms with Crippen LogP contribution in [0, 0.1) is 6.92 Å². The second-order valence-corrected chi connectivity index (χ2v) is 6.32. The lowest BCUT2D eigenvalue weighted by Crippen LogP contribution is -2.43. The molecular formula is C19H24N4O4. The van der Waals surface area contributed by atoms with Crippen LogP contribution in [-0.2, 0) is 0 Å². The molecule has 1 fully saturated rings. The number of rotatable bonds is 5. The minimum absolute atomic E-state index is 0.0344. The quantitative estimate of drug-likeness (QED) is 0.869. The first-order valence-corrected chi connectivity index (χ1v) is 8.84. The number of nitrogens with zero attached hydrogens (tertiary/aromatic N) is 3. The third kappa shape index (κ3) is 4.78. The number of hydrogen-bond acceptors (Lipinski definition) is 6. The van der Waals surface area contributed by atoms with Crippen molar-refractivity contribution >= 4 is 11.7 Å². The average molecular weight is 372 g/mol. The van der Waals surface area contributed by atoms with E-state index in [0.29, 0.717) is 36.2 Å². The van der Waals surface area contributed by atoms with Crippen LogP contribution in [0.2, 0.25) is 0 Å². The molecule has 0 aliphatic carbocycles. The SMILES string of the molecule is COc1ccc(NC(=O)N2CCC(Oc3ccc(C)nn3)CC2)cc1OC. The van der Waals surface area contributed by atoms with E-state index in [1.165, 1.54) is 0 Å². The van der Waals surface area contributed by atoms with E-state index in [1.54, 1.807) is 37.3 Å². The van der Waals surface area contributed by atoms with Gasteiger partial charge in [-0.3, -0.25) is 0 Å². The summed E-state index contributed by atoms with van der Waals surface area (Å²) in [6, 6.07) is 8.83. The van der Waals surface area contributed by atoms with E-state index in [-0.39, 0.29) is 12.1 Å². The van der Waals surface area contributed by atoms with Crippen molar-refractivity contribution in [2.45, 2.75) is 25.9 Å². The fourth-order valence-electron chi connectivity index (χ4n) is 2.91. The van der Waals surface area contributed by atoms with E-state index in [0.717, 1.165) is 18.5 Å². The van der Waals surface area contributed by atoms with Crippen LogP contribution in [0.3, 0.4) is 0 Å². The highest BCUT2D eigenvalue weighted by Crippen LogP contribution is 2.30. The van der Waals surface area contributed by atoms with Crippen molar-refractivity contribution < 1.29 is 19.0 Å². The Labute approximate surface area is 158 Å². The van der Waals surface area contributed by atoms with Crippen LogP contribution < -0.4 is 19.5 Å². The van der Waals surface area contributed by atoms with Crippen LogP contribution in [0.25, 0.3) is 0 Å². The Hall–Kier alpha value is -3.03. The first kappa shape index (κ1) is 18.8. The molecule has 0 saturated carbocycles. The number of carbonyl (C=O) groups is 1. The molecule has 0 unspecified atom stereocenters. The van der Waals surface area contributed by atoms with Gasteiger partial charge in [0.25, 0.3) is 0 Å². The van der Waals surface area contributed by atoms with Crippen LogP contribution in [0.5, 0.6) is 17.4 Å². The van der Waals surface area contributed by atoms with Crippen LogP contribution >= 0.6 is 0 Å². The number of likely N-dealkylation sites (tertiary alicyclic amines) is 1. The second-order valence-electron chi connectivity index (χ2n) is 6.32. The minimum atomic E-state index is -0.143. The van der Waals surface area contributed by atoms with E-state index < -0.39 is 0 Å². The Morgan fingerprint density at radius 3 is 2.44 bits per heavy atom. The number of anilines is 1. The number of piperidine rings is 1. The van der Waals surface area contributed by atoms with E-state index in [4.69, 9.17) is 14.2 Å². The second kappa shape index (κ2) is 8.57. The molecule has 0 radical (unpaired) electrons. The lowest BCUT2D eigenvalue weighted by molar-refractivity contribution is 0.110. The number of nitrogens with one attached hydrogen (secondary N) is 1. The molecule has 1 aliphatic rings. The zero-order valence-electron chi connectivity index (χ0n) is 15.8. The van der Waals surface area contributed by atoms with Crippen LogP contribution in [0.1, 0.15) is 18.5 Å². The van der Waals surface area contributed by atoms with E-state index >= 15 is 0 Å². The van der Waals surface area contributed by atoms with Gasteiger partial charge in [-0.1, -0.05) is 0 Å². The van der Waals surface area contributed by atoms with Gasteiger partial charge in [-0.2, -0.15) is 5.10 Å². The van der Waals surface area contributed by atoms with Crippen molar-refractivity contribution in [3.05, 3.63) is 36.0 Å². The zero-order valence-corrected chi connectivity index (χ0v) is 15.8. The summed E-state index contributed by atoms with van der Waals surface area (Å²) in [7, 11) is 3.14. The molecule has 1 saturated heterocycles. The number of ether oxygens (including phenoxy) is 3. The Balaban J connectivity index is 1.51. The Morgan fingerprint density at radius 1 is 1.07 bits per heavy atom. The van der Waals surface area contributed by atoms with Gasteiger partial charge in [0, 0.05) is 43.8 Å².